The van der Waals surface area contributed by atoms with Gasteiger partial charge in [-0.1, -0.05) is 52.0 Å². The summed E-state index contributed by atoms with van der Waals surface area (Å²) in [6, 6.07) is 12.0. The summed E-state index contributed by atoms with van der Waals surface area (Å²) >= 11 is 6.65. The predicted molar refractivity (Wildman–Crippen MR) is 113 cm³/mol. The Morgan fingerprint density at radius 3 is 2.81 bits per heavy atom. The summed E-state index contributed by atoms with van der Waals surface area (Å²) in [6.07, 6.45) is 3.55. The van der Waals surface area contributed by atoms with Gasteiger partial charge in [-0.15, -0.1) is 28.1 Å². The Morgan fingerprint density at radius 2 is 2.07 bits per heavy atom. The molecule has 4 aromatic rings. The number of thioether (sulfide) groups is 1. The van der Waals surface area contributed by atoms with E-state index in [9.17, 15) is 0 Å². The van der Waals surface area contributed by atoms with Crippen molar-refractivity contribution in [3.63, 3.8) is 0 Å². The van der Waals surface area contributed by atoms with E-state index in [0.29, 0.717) is 18.2 Å². The van der Waals surface area contributed by atoms with Gasteiger partial charge in [-0.2, -0.15) is 0 Å². The van der Waals surface area contributed by atoms with E-state index in [1.807, 2.05) is 47.9 Å². The molecule has 0 fully saturated rings. The lowest BCUT2D eigenvalue weighted by atomic mass is 10.2. The largest absolute Gasteiger partial charge is 0.444 e. The molecule has 0 spiro atoms. The van der Waals surface area contributed by atoms with Crippen LogP contribution in [0.3, 0.4) is 0 Å². The highest BCUT2D eigenvalue weighted by atomic mass is 79.9. The van der Waals surface area contributed by atoms with Crippen LogP contribution in [-0.2, 0) is 12.3 Å². The minimum absolute atomic E-state index is 0.639. The first kappa shape index (κ1) is 18.2. The molecule has 0 N–H and O–H groups in total. The van der Waals surface area contributed by atoms with Crippen molar-refractivity contribution in [2.75, 3.05) is 0 Å². The van der Waals surface area contributed by atoms with Crippen molar-refractivity contribution in [2.45, 2.75) is 17.5 Å². The maximum absolute atomic E-state index is 5.58. The summed E-state index contributed by atoms with van der Waals surface area (Å²) in [5, 5.41) is 11.6. The fourth-order valence-electron chi connectivity index (χ4n) is 2.53. The van der Waals surface area contributed by atoms with Crippen LogP contribution >= 0.6 is 39.0 Å². The van der Waals surface area contributed by atoms with Gasteiger partial charge in [-0.3, -0.25) is 4.57 Å². The van der Waals surface area contributed by atoms with Crippen LogP contribution < -0.4 is 0 Å². The minimum atomic E-state index is 0.639. The molecule has 3 heterocycles. The summed E-state index contributed by atoms with van der Waals surface area (Å²) in [5.41, 5.74) is 1.89. The van der Waals surface area contributed by atoms with Crippen LogP contribution in [0.1, 0.15) is 5.69 Å². The number of benzene rings is 1. The van der Waals surface area contributed by atoms with Crippen molar-refractivity contribution in [1.29, 1.82) is 0 Å². The lowest BCUT2D eigenvalue weighted by molar-refractivity contribution is 0.575. The highest BCUT2D eigenvalue weighted by molar-refractivity contribution is 9.10. The number of halogens is 1. The molecule has 0 saturated heterocycles. The Labute approximate surface area is 173 Å². The van der Waals surface area contributed by atoms with Gasteiger partial charge >= 0.3 is 0 Å². The van der Waals surface area contributed by atoms with E-state index >= 15 is 0 Å². The van der Waals surface area contributed by atoms with Gasteiger partial charge < -0.3 is 4.42 Å². The number of hydrogen-bond acceptors (Lipinski definition) is 6. The predicted octanol–water partition coefficient (Wildman–Crippen LogP) is 5.90. The molecule has 0 bridgehead atoms. The zero-order valence-electron chi connectivity index (χ0n) is 14.2. The van der Waals surface area contributed by atoms with Crippen molar-refractivity contribution < 1.29 is 4.42 Å². The van der Waals surface area contributed by atoms with Gasteiger partial charge in [0.05, 0.1) is 10.6 Å². The quantitative estimate of drug-likeness (QED) is 0.254. The van der Waals surface area contributed by atoms with Crippen LogP contribution in [0.25, 0.3) is 22.2 Å². The molecule has 0 radical (unpaired) electrons. The number of nitrogens with zero attached hydrogens (tertiary/aromatic N) is 4. The molecule has 8 heteroatoms. The van der Waals surface area contributed by atoms with E-state index in [-0.39, 0.29) is 0 Å². The lowest BCUT2D eigenvalue weighted by Crippen LogP contribution is -2.00. The minimum Gasteiger partial charge on any atom is -0.444 e. The van der Waals surface area contributed by atoms with Gasteiger partial charge in [-0.05, 0) is 23.6 Å². The Kier molecular flexibility index (Phi) is 5.56. The number of thiophene rings is 1. The Hall–Kier alpha value is -2.16. The molecule has 4 rings (SSSR count). The molecule has 0 aliphatic rings. The second-order valence-electron chi connectivity index (χ2n) is 5.62. The van der Waals surface area contributed by atoms with E-state index in [1.54, 1.807) is 29.4 Å². The smallest absolute Gasteiger partial charge is 0.236 e. The molecule has 1 aromatic carbocycles. The standard InChI is InChI=1S/C19H15BrN4OS2/c1-2-9-24-17(13-5-7-14(20)8-6-13)22-23-19(24)27-12-15-11-25-18(21-15)16-4-3-10-26-16/h2-8,10-11H,1,9,12H2. The molecular formula is C19H15BrN4OS2. The average Bonchev–Trinajstić information content (AvgIpc) is 3.42. The second kappa shape index (κ2) is 8.24. The normalized spacial score (nSPS) is 11.0. The van der Waals surface area contributed by atoms with Crippen molar-refractivity contribution in [2.24, 2.45) is 0 Å². The van der Waals surface area contributed by atoms with Crippen LogP contribution in [0.4, 0.5) is 0 Å². The van der Waals surface area contributed by atoms with Crippen LogP contribution in [0.15, 0.2) is 74.7 Å². The molecule has 27 heavy (non-hydrogen) atoms. The maximum atomic E-state index is 5.58. The SMILES string of the molecule is C=CCn1c(SCc2coc(-c3cccs3)n2)nnc1-c1ccc(Br)cc1. The molecule has 136 valence electrons. The van der Waals surface area contributed by atoms with Crippen LogP contribution in [0, 0.1) is 0 Å². The van der Waals surface area contributed by atoms with E-state index in [4.69, 9.17) is 4.42 Å². The first-order valence-electron chi connectivity index (χ1n) is 8.15. The van der Waals surface area contributed by atoms with E-state index in [0.717, 1.165) is 31.6 Å². The third kappa shape index (κ3) is 4.07. The fourth-order valence-corrected chi connectivity index (χ4v) is 4.27. The molecule has 3 aromatic heterocycles. The van der Waals surface area contributed by atoms with Crippen molar-refractivity contribution in [3.05, 3.63) is 70.9 Å². The summed E-state index contributed by atoms with van der Waals surface area (Å²) < 4.78 is 8.67. The summed E-state index contributed by atoms with van der Waals surface area (Å²) in [5.74, 6) is 2.14. The first-order valence-corrected chi connectivity index (χ1v) is 10.8. The molecular weight excluding hydrogens is 444 g/mol. The number of rotatable bonds is 7. The summed E-state index contributed by atoms with van der Waals surface area (Å²) in [7, 11) is 0. The second-order valence-corrected chi connectivity index (χ2v) is 8.43. The van der Waals surface area contributed by atoms with E-state index < -0.39 is 0 Å². The number of aromatic nitrogens is 4. The Bertz CT molecular complexity index is 1040. The average molecular weight is 459 g/mol. The molecule has 0 amide bonds. The molecule has 0 saturated carbocycles. The van der Waals surface area contributed by atoms with Crippen molar-refractivity contribution in [3.8, 4) is 22.2 Å². The van der Waals surface area contributed by atoms with Gasteiger partial charge in [0.1, 0.15) is 6.26 Å². The van der Waals surface area contributed by atoms with Crippen molar-refractivity contribution in [1.82, 2.24) is 19.7 Å². The zero-order chi connectivity index (χ0) is 18.6. The maximum Gasteiger partial charge on any atom is 0.236 e. The summed E-state index contributed by atoms with van der Waals surface area (Å²) in [4.78, 5) is 5.58. The van der Waals surface area contributed by atoms with Crippen LogP contribution in [-0.4, -0.2) is 19.7 Å². The molecule has 5 nitrogen and oxygen atoms in total. The van der Waals surface area contributed by atoms with Crippen LogP contribution in [0.2, 0.25) is 0 Å². The Morgan fingerprint density at radius 1 is 1.22 bits per heavy atom. The zero-order valence-corrected chi connectivity index (χ0v) is 17.4. The number of allylic oxidation sites excluding steroid dienone is 1. The monoisotopic (exact) mass is 458 g/mol. The first-order chi connectivity index (χ1) is 13.2. The molecule has 0 aliphatic carbocycles. The molecule has 0 atom stereocenters. The Balaban J connectivity index is 1.53. The number of oxazole rings is 1. The third-order valence-corrected chi connectivity index (χ3v) is 6.15. The highest BCUT2D eigenvalue weighted by Gasteiger charge is 2.15. The molecule has 0 aliphatic heterocycles. The summed E-state index contributed by atoms with van der Waals surface area (Å²) in [6.45, 7) is 4.50. The van der Waals surface area contributed by atoms with Gasteiger partial charge in [0.25, 0.3) is 0 Å². The fraction of sp³-hybridized carbons (Fsp3) is 0.105. The molecule has 0 unspecified atom stereocenters. The van der Waals surface area contributed by atoms with Gasteiger partial charge in [-0.25, -0.2) is 4.98 Å². The van der Waals surface area contributed by atoms with Gasteiger partial charge in [0.2, 0.25) is 5.89 Å². The third-order valence-electron chi connectivity index (χ3n) is 3.76. The van der Waals surface area contributed by atoms with Crippen molar-refractivity contribution >= 4 is 39.0 Å². The lowest BCUT2D eigenvalue weighted by Gasteiger charge is -2.07. The van der Waals surface area contributed by atoms with E-state index in [1.165, 1.54) is 0 Å². The highest BCUT2D eigenvalue weighted by Crippen LogP contribution is 2.29. The van der Waals surface area contributed by atoms with E-state index in [2.05, 4.69) is 42.3 Å². The number of hydrogen-bond donors (Lipinski definition) is 0. The van der Waals surface area contributed by atoms with Crippen LogP contribution in [0.5, 0.6) is 0 Å². The topological polar surface area (TPSA) is 56.7 Å². The van der Waals surface area contributed by atoms with Gasteiger partial charge in [0, 0.05) is 22.3 Å². The van der Waals surface area contributed by atoms with Gasteiger partial charge in [0.15, 0.2) is 11.0 Å².